The van der Waals surface area contributed by atoms with Gasteiger partial charge in [-0.2, -0.15) is 0 Å². The van der Waals surface area contributed by atoms with Gasteiger partial charge in [-0.3, -0.25) is 0 Å². The van der Waals surface area contributed by atoms with Gasteiger partial charge in [0.2, 0.25) is 0 Å². The number of nitrogens with zero attached hydrogens (tertiary/aromatic N) is 2. The summed E-state index contributed by atoms with van der Waals surface area (Å²) < 4.78 is 5.66. The van der Waals surface area contributed by atoms with Crippen LogP contribution in [0.3, 0.4) is 0 Å². The van der Waals surface area contributed by atoms with Crippen LogP contribution in [0.1, 0.15) is 31.0 Å². The minimum absolute atomic E-state index is 0.0443. The first kappa shape index (κ1) is 16.0. The summed E-state index contributed by atoms with van der Waals surface area (Å²) in [5.41, 5.74) is 2.52. The maximum absolute atomic E-state index is 9.86. The van der Waals surface area contributed by atoms with Gasteiger partial charge in [-0.05, 0) is 40.9 Å². The Labute approximate surface area is 137 Å². The van der Waals surface area contributed by atoms with Crippen LogP contribution < -0.4 is 4.74 Å². The summed E-state index contributed by atoms with van der Waals surface area (Å²) in [6.45, 7) is 6.02. The van der Waals surface area contributed by atoms with Crippen LogP contribution in [-0.2, 0) is 0 Å². The number of halogens is 2. The van der Waals surface area contributed by atoms with Gasteiger partial charge < -0.3 is 9.84 Å². The lowest BCUT2D eigenvalue weighted by Gasteiger charge is -2.13. The molecular formula is C15H16BrClN2O2. The highest BCUT2D eigenvalue weighted by Crippen LogP contribution is 2.38. The number of aromatic nitrogens is 2. The van der Waals surface area contributed by atoms with E-state index in [9.17, 15) is 5.11 Å². The van der Waals surface area contributed by atoms with Gasteiger partial charge in [0.05, 0.1) is 11.6 Å². The second kappa shape index (κ2) is 6.20. The fourth-order valence-corrected chi connectivity index (χ4v) is 3.07. The molecule has 0 unspecified atom stereocenters. The van der Waals surface area contributed by atoms with E-state index < -0.39 is 0 Å². The highest BCUT2D eigenvalue weighted by molar-refractivity contribution is 9.10. The number of rotatable bonds is 3. The summed E-state index contributed by atoms with van der Waals surface area (Å²) in [4.78, 5) is 8.89. The average molecular weight is 372 g/mol. The Hall–Kier alpha value is -1.33. The molecule has 4 nitrogen and oxygen atoms in total. The van der Waals surface area contributed by atoms with Gasteiger partial charge >= 0.3 is 0 Å². The Morgan fingerprint density at radius 3 is 2.48 bits per heavy atom. The zero-order valence-electron chi connectivity index (χ0n) is 12.2. The largest absolute Gasteiger partial charge is 0.503 e. The maximum atomic E-state index is 9.86. The minimum Gasteiger partial charge on any atom is -0.503 e. The SMILES string of the molecule is COc1cc(-c2nc(C)c(C(C)C)c(Cl)n2)cc(Br)c1O. The van der Waals surface area contributed by atoms with Crippen molar-refractivity contribution in [1.82, 2.24) is 9.97 Å². The summed E-state index contributed by atoms with van der Waals surface area (Å²) in [5, 5.41) is 10.3. The molecule has 1 aromatic heterocycles. The van der Waals surface area contributed by atoms with E-state index >= 15 is 0 Å². The smallest absolute Gasteiger partial charge is 0.172 e. The molecule has 0 saturated carbocycles. The van der Waals surface area contributed by atoms with Crippen LogP contribution in [0, 0.1) is 6.92 Å². The lowest BCUT2D eigenvalue weighted by molar-refractivity contribution is 0.372. The van der Waals surface area contributed by atoms with Crippen molar-refractivity contribution in [2.45, 2.75) is 26.7 Å². The van der Waals surface area contributed by atoms with Gasteiger partial charge in [0.25, 0.3) is 0 Å². The molecule has 0 amide bonds. The predicted molar refractivity (Wildman–Crippen MR) is 87.2 cm³/mol. The topological polar surface area (TPSA) is 55.2 Å². The number of benzene rings is 1. The van der Waals surface area contributed by atoms with E-state index in [1.807, 2.05) is 6.92 Å². The van der Waals surface area contributed by atoms with Gasteiger partial charge in [-0.15, -0.1) is 0 Å². The Balaban J connectivity index is 2.60. The highest BCUT2D eigenvalue weighted by atomic mass is 79.9. The molecular weight excluding hydrogens is 356 g/mol. The Kier molecular flexibility index (Phi) is 4.74. The summed E-state index contributed by atoms with van der Waals surface area (Å²) >= 11 is 9.57. The first-order valence-corrected chi connectivity index (χ1v) is 7.63. The van der Waals surface area contributed by atoms with Crippen LogP contribution in [0.15, 0.2) is 16.6 Å². The molecule has 112 valence electrons. The van der Waals surface area contributed by atoms with Crippen molar-refractivity contribution in [1.29, 1.82) is 0 Å². The first-order chi connectivity index (χ1) is 9.85. The van der Waals surface area contributed by atoms with Gasteiger partial charge in [0.1, 0.15) is 5.15 Å². The molecule has 0 bridgehead atoms. The van der Waals surface area contributed by atoms with Crippen molar-refractivity contribution in [2.24, 2.45) is 0 Å². The molecule has 1 aromatic carbocycles. The third kappa shape index (κ3) is 3.14. The van der Waals surface area contributed by atoms with Crippen molar-refractivity contribution >= 4 is 27.5 Å². The molecule has 0 aliphatic carbocycles. The molecule has 21 heavy (non-hydrogen) atoms. The monoisotopic (exact) mass is 370 g/mol. The fourth-order valence-electron chi connectivity index (χ4n) is 2.19. The summed E-state index contributed by atoms with van der Waals surface area (Å²) in [6.07, 6.45) is 0. The maximum Gasteiger partial charge on any atom is 0.172 e. The van der Waals surface area contributed by atoms with Crippen molar-refractivity contribution < 1.29 is 9.84 Å². The molecule has 0 fully saturated rings. The standard InChI is InChI=1S/C15H16BrClN2O2/c1-7(2)12-8(3)18-15(19-14(12)17)9-5-10(16)13(20)11(6-9)21-4/h5-7,20H,1-4H3. The lowest BCUT2D eigenvalue weighted by atomic mass is 10.0. The number of phenols is 1. The van der Waals surface area contributed by atoms with E-state index in [0.29, 0.717) is 21.2 Å². The Morgan fingerprint density at radius 1 is 1.29 bits per heavy atom. The minimum atomic E-state index is 0.0443. The van der Waals surface area contributed by atoms with E-state index in [1.165, 1.54) is 7.11 Å². The van der Waals surface area contributed by atoms with Crippen LogP contribution in [0.5, 0.6) is 11.5 Å². The predicted octanol–water partition coefficient (Wildman–Crippen LogP) is 4.71. The number of ether oxygens (including phenoxy) is 1. The van der Waals surface area contributed by atoms with Crippen LogP contribution in [0.25, 0.3) is 11.4 Å². The van der Waals surface area contributed by atoms with Gasteiger partial charge in [-0.1, -0.05) is 25.4 Å². The van der Waals surface area contributed by atoms with Crippen LogP contribution in [-0.4, -0.2) is 22.2 Å². The zero-order valence-corrected chi connectivity index (χ0v) is 14.6. The highest BCUT2D eigenvalue weighted by Gasteiger charge is 2.16. The van der Waals surface area contributed by atoms with Gasteiger partial charge in [-0.25, -0.2) is 9.97 Å². The zero-order chi connectivity index (χ0) is 15.7. The molecule has 0 spiro atoms. The van der Waals surface area contributed by atoms with Crippen molar-refractivity contribution in [3.8, 4) is 22.9 Å². The van der Waals surface area contributed by atoms with E-state index in [2.05, 4.69) is 39.7 Å². The number of hydrogen-bond donors (Lipinski definition) is 1. The lowest BCUT2D eigenvalue weighted by Crippen LogP contribution is -2.02. The number of methoxy groups -OCH3 is 1. The molecule has 1 N–H and O–H groups in total. The van der Waals surface area contributed by atoms with Crippen molar-refractivity contribution in [3.05, 3.63) is 33.0 Å². The second-order valence-corrected chi connectivity index (χ2v) is 6.21. The normalized spacial score (nSPS) is 11.0. The van der Waals surface area contributed by atoms with Crippen LogP contribution >= 0.6 is 27.5 Å². The number of phenolic OH excluding ortho intramolecular Hbond substituents is 1. The fraction of sp³-hybridized carbons (Fsp3) is 0.333. The van der Waals surface area contributed by atoms with E-state index in [4.69, 9.17) is 16.3 Å². The molecule has 0 atom stereocenters. The van der Waals surface area contributed by atoms with E-state index in [1.54, 1.807) is 12.1 Å². The molecule has 0 radical (unpaired) electrons. The Bertz CT molecular complexity index is 667. The summed E-state index contributed by atoms with van der Waals surface area (Å²) in [7, 11) is 1.49. The first-order valence-electron chi connectivity index (χ1n) is 6.46. The van der Waals surface area contributed by atoms with Crippen LogP contribution in [0.4, 0.5) is 0 Å². The van der Waals surface area contributed by atoms with Gasteiger partial charge in [0, 0.05) is 16.8 Å². The second-order valence-electron chi connectivity index (χ2n) is 5.00. The molecule has 1 heterocycles. The summed E-state index contributed by atoms with van der Waals surface area (Å²) in [6, 6.07) is 3.41. The Morgan fingerprint density at radius 2 is 1.95 bits per heavy atom. The van der Waals surface area contributed by atoms with E-state index in [-0.39, 0.29) is 11.7 Å². The number of hydrogen-bond acceptors (Lipinski definition) is 4. The number of aromatic hydroxyl groups is 1. The molecule has 0 aliphatic heterocycles. The van der Waals surface area contributed by atoms with E-state index in [0.717, 1.165) is 16.8 Å². The molecule has 0 saturated heterocycles. The quantitative estimate of drug-likeness (QED) is 0.794. The molecule has 2 rings (SSSR count). The number of aryl methyl sites for hydroxylation is 1. The van der Waals surface area contributed by atoms with Crippen molar-refractivity contribution in [2.75, 3.05) is 7.11 Å². The molecule has 6 heteroatoms. The summed E-state index contributed by atoms with van der Waals surface area (Å²) in [5.74, 6) is 1.15. The molecule has 2 aromatic rings. The average Bonchev–Trinajstić information content (AvgIpc) is 2.40. The third-order valence-corrected chi connectivity index (χ3v) is 4.07. The van der Waals surface area contributed by atoms with Gasteiger partial charge in [0.15, 0.2) is 17.3 Å². The molecule has 0 aliphatic rings. The van der Waals surface area contributed by atoms with Crippen molar-refractivity contribution in [3.63, 3.8) is 0 Å². The third-order valence-electron chi connectivity index (χ3n) is 3.17. The van der Waals surface area contributed by atoms with Crippen LogP contribution in [0.2, 0.25) is 5.15 Å².